The lowest BCUT2D eigenvalue weighted by atomic mass is 9.78. The Balaban J connectivity index is 2.46. The van der Waals surface area contributed by atoms with Gasteiger partial charge in [0.25, 0.3) is 0 Å². The van der Waals surface area contributed by atoms with Crippen LogP contribution in [0.5, 0.6) is 0 Å². The van der Waals surface area contributed by atoms with Crippen LogP contribution in [0.2, 0.25) is 0 Å². The molecule has 0 saturated heterocycles. The van der Waals surface area contributed by atoms with Crippen LogP contribution < -0.4 is 10.2 Å². The molecule has 22 heavy (non-hydrogen) atoms. The Kier molecular flexibility index (Phi) is 4.86. The maximum absolute atomic E-state index is 14.6. The van der Waals surface area contributed by atoms with E-state index in [0.29, 0.717) is 24.5 Å². The number of halogens is 1. The predicted molar refractivity (Wildman–Crippen MR) is 93.1 cm³/mol. The van der Waals surface area contributed by atoms with Crippen molar-refractivity contribution in [3.8, 4) is 0 Å². The first-order chi connectivity index (χ1) is 10.1. The SMILES string of the molecule is CC(C)NCc1cc2c(cc1F)N(C(C)C)C(C)(C)C[C@@H]2C. The Hall–Kier alpha value is -1.09. The molecule has 1 aliphatic rings. The van der Waals surface area contributed by atoms with Crippen molar-refractivity contribution in [3.63, 3.8) is 0 Å². The zero-order chi connectivity index (χ0) is 16.7. The number of hydrogen-bond donors (Lipinski definition) is 1. The molecule has 2 rings (SSSR count). The smallest absolute Gasteiger partial charge is 0.129 e. The molecule has 0 aromatic heterocycles. The molecule has 1 heterocycles. The number of nitrogens with one attached hydrogen (secondary N) is 1. The summed E-state index contributed by atoms with van der Waals surface area (Å²) >= 11 is 0. The van der Waals surface area contributed by atoms with Gasteiger partial charge in [-0.15, -0.1) is 0 Å². The number of rotatable bonds is 4. The van der Waals surface area contributed by atoms with Crippen LogP contribution >= 0.6 is 0 Å². The van der Waals surface area contributed by atoms with Crippen molar-refractivity contribution >= 4 is 5.69 Å². The second-order valence-electron chi connectivity index (χ2n) is 7.92. The maximum Gasteiger partial charge on any atom is 0.129 e. The fourth-order valence-corrected chi connectivity index (χ4v) is 3.94. The van der Waals surface area contributed by atoms with Gasteiger partial charge in [-0.05, 0) is 57.7 Å². The molecule has 0 unspecified atom stereocenters. The topological polar surface area (TPSA) is 15.3 Å². The Morgan fingerprint density at radius 2 is 1.91 bits per heavy atom. The van der Waals surface area contributed by atoms with Crippen LogP contribution in [-0.2, 0) is 6.54 Å². The first-order valence-corrected chi connectivity index (χ1v) is 8.48. The second-order valence-corrected chi connectivity index (χ2v) is 7.92. The van der Waals surface area contributed by atoms with Gasteiger partial charge in [0.15, 0.2) is 0 Å². The number of fused-ring (bicyclic) bond motifs is 1. The second kappa shape index (κ2) is 6.19. The van der Waals surface area contributed by atoms with Crippen molar-refractivity contribution < 1.29 is 4.39 Å². The van der Waals surface area contributed by atoms with Crippen LogP contribution in [0.4, 0.5) is 10.1 Å². The summed E-state index contributed by atoms with van der Waals surface area (Å²) in [5.41, 5.74) is 3.20. The molecule has 0 amide bonds. The summed E-state index contributed by atoms with van der Waals surface area (Å²) in [5.74, 6) is 0.362. The molecule has 2 nitrogen and oxygen atoms in total. The Bertz CT molecular complexity index is 534. The van der Waals surface area contributed by atoms with Gasteiger partial charge in [0.05, 0.1) is 0 Å². The van der Waals surface area contributed by atoms with E-state index in [-0.39, 0.29) is 11.4 Å². The average molecular weight is 306 g/mol. The Morgan fingerprint density at radius 1 is 1.27 bits per heavy atom. The van der Waals surface area contributed by atoms with E-state index in [9.17, 15) is 4.39 Å². The number of hydrogen-bond acceptors (Lipinski definition) is 2. The summed E-state index contributed by atoms with van der Waals surface area (Å²) in [5, 5.41) is 3.32. The monoisotopic (exact) mass is 306 g/mol. The van der Waals surface area contributed by atoms with E-state index in [0.717, 1.165) is 17.7 Å². The Labute approximate surface area is 135 Å². The fraction of sp³-hybridized carbons (Fsp3) is 0.684. The van der Waals surface area contributed by atoms with Crippen molar-refractivity contribution in [2.24, 2.45) is 0 Å². The van der Waals surface area contributed by atoms with Gasteiger partial charge in [0.1, 0.15) is 5.82 Å². The van der Waals surface area contributed by atoms with Crippen molar-refractivity contribution in [2.75, 3.05) is 4.90 Å². The van der Waals surface area contributed by atoms with E-state index < -0.39 is 0 Å². The highest BCUT2D eigenvalue weighted by Crippen LogP contribution is 2.45. The summed E-state index contributed by atoms with van der Waals surface area (Å²) < 4.78 is 14.6. The molecule has 0 fully saturated rings. The molecule has 0 spiro atoms. The molecular formula is C19H31FN2. The molecule has 124 valence electrons. The minimum atomic E-state index is -0.0950. The third kappa shape index (κ3) is 3.29. The summed E-state index contributed by atoms with van der Waals surface area (Å²) in [7, 11) is 0. The van der Waals surface area contributed by atoms with Gasteiger partial charge in [-0.3, -0.25) is 0 Å². The van der Waals surface area contributed by atoms with Crippen LogP contribution in [0.3, 0.4) is 0 Å². The molecule has 1 aromatic rings. The van der Waals surface area contributed by atoms with Gasteiger partial charge in [0.2, 0.25) is 0 Å². The molecule has 1 aliphatic heterocycles. The summed E-state index contributed by atoms with van der Waals surface area (Å²) in [4.78, 5) is 2.38. The molecule has 1 N–H and O–H groups in total. The molecule has 1 aromatic carbocycles. The average Bonchev–Trinajstić information content (AvgIpc) is 2.34. The zero-order valence-electron chi connectivity index (χ0n) is 15.1. The zero-order valence-corrected chi connectivity index (χ0v) is 15.1. The Morgan fingerprint density at radius 3 is 2.45 bits per heavy atom. The highest BCUT2D eigenvalue weighted by atomic mass is 19.1. The lowest BCUT2D eigenvalue weighted by Crippen LogP contribution is -2.52. The minimum absolute atomic E-state index is 0.0602. The molecule has 0 saturated carbocycles. The standard InChI is InChI=1S/C19H31FN2/c1-12(2)21-11-15-8-16-14(5)10-19(6,7)22(13(3)4)18(16)9-17(15)20/h8-9,12-14,21H,10-11H2,1-7H3/t14-/m0/s1. The van der Waals surface area contributed by atoms with Crippen LogP contribution in [0.1, 0.15) is 71.9 Å². The number of benzene rings is 1. The minimum Gasteiger partial charge on any atom is -0.364 e. The largest absolute Gasteiger partial charge is 0.364 e. The van der Waals surface area contributed by atoms with Crippen LogP contribution in [0, 0.1) is 5.82 Å². The summed E-state index contributed by atoms with van der Waals surface area (Å²) in [6, 6.07) is 4.55. The first-order valence-electron chi connectivity index (χ1n) is 8.48. The van der Waals surface area contributed by atoms with E-state index in [2.05, 4.69) is 64.7 Å². The number of nitrogens with zero attached hydrogens (tertiary/aromatic N) is 1. The lowest BCUT2D eigenvalue weighted by Gasteiger charge is -2.50. The van der Waals surface area contributed by atoms with E-state index >= 15 is 0 Å². The highest BCUT2D eigenvalue weighted by Gasteiger charge is 2.38. The van der Waals surface area contributed by atoms with Crippen molar-refractivity contribution in [1.82, 2.24) is 5.32 Å². The van der Waals surface area contributed by atoms with Gasteiger partial charge in [-0.25, -0.2) is 4.39 Å². The fourth-order valence-electron chi connectivity index (χ4n) is 3.94. The molecule has 1 atom stereocenters. The van der Waals surface area contributed by atoms with Gasteiger partial charge in [-0.1, -0.05) is 20.8 Å². The predicted octanol–water partition coefficient (Wildman–Crippen LogP) is 4.82. The third-order valence-corrected chi connectivity index (χ3v) is 4.66. The van der Waals surface area contributed by atoms with Crippen LogP contribution in [-0.4, -0.2) is 17.6 Å². The third-order valence-electron chi connectivity index (χ3n) is 4.66. The van der Waals surface area contributed by atoms with E-state index in [4.69, 9.17) is 0 Å². The van der Waals surface area contributed by atoms with Crippen molar-refractivity contribution in [1.29, 1.82) is 0 Å². The van der Waals surface area contributed by atoms with Gasteiger partial charge in [-0.2, -0.15) is 0 Å². The normalized spacial score (nSPS) is 20.6. The van der Waals surface area contributed by atoms with Crippen LogP contribution in [0.25, 0.3) is 0 Å². The summed E-state index contributed by atoms with van der Waals surface area (Å²) in [6.07, 6.45) is 1.10. The van der Waals surface area contributed by atoms with Gasteiger partial charge in [0, 0.05) is 35.4 Å². The van der Waals surface area contributed by atoms with Gasteiger partial charge >= 0.3 is 0 Å². The molecule has 0 aliphatic carbocycles. The van der Waals surface area contributed by atoms with Crippen molar-refractivity contribution in [3.05, 3.63) is 29.1 Å². The number of anilines is 1. The molecular weight excluding hydrogens is 275 g/mol. The molecule has 0 bridgehead atoms. The molecule has 3 heteroatoms. The summed E-state index contributed by atoms with van der Waals surface area (Å²) in [6.45, 7) is 15.9. The molecule has 0 radical (unpaired) electrons. The van der Waals surface area contributed by atoms with Gasteiger partial charge < -0.3 is 10.2 Å². The van der Waals surface area contributed by atoms with Crippen LogP contribution in [0.15, 0.2) is 12.1 Å². The van der Waals surface area contributed by atoms with Crippen molar-refractivity contribution in [2.45, 2.75) is 85.0 Å². The lowest BCUT2D eigenvalue weighted by molar-refractivity contribution is 0.354. The highest BCUT2D eigenvalue weighted by molar-refractivity contribution is 5.61. The van der Waals surface area contributed by atoms with E-state index in [1.54, 1.807) is 6.07 Å². The van der Waals surface area contributed by atoms with E-state index in [1.807, 2.05) is 0 Å². The first kappa shape index (κ1) is 17.3. The maximum atomic E-state index is 14.6. The van der Waals surface area contributed by atoms with E-state index in [1.165, 1.54) is 5.56 Å². The quantitative estimate of drug-likeness (QED) is 0.857.